The zero-order chi connectivity index (χ0) is 15.1. The summed E-state index contributed by atoms with van der Waals surface area (Å²) in [6, 6.07) is 5.63. The lowest BCUT2D eigenvalue weighted by Gasteiger charge is -2.30. The number of benzene rings is 1. The van der Waals surface area contributed by atoms with E-state index in [1.54, 1.807) is 7.11 Å². The summed E-state index contributed by atoms with van der Waals surface area (Å²) in [6.45, 7) is 3.52. The lowest BCUT2D eigenvalue weighted by atomic mass is 10.1. The smallest absolute Gasteiger partial charge is 0.133 e. The molecule has 0 aromatic heterocycles. The molecule has 1 aliphatic rings. The fourth-order valence-corrected chi connectivity index (χ4v) is 2.46. The van der Waals surface area contributed by atoms with E-state index in [2.05, 4.69) is 4.90 Å². The van der Waals surface area contributed by atoms with E-state index in [4.69, 9.17) is 31.5 Å². The van der Waals surface area contributed by atoms with Crippen LogP contribution in [0, 0.1) is 0 Å². The minimum Gasteiger partial charge on any atom is -0.497 e. The Kier molecular flexibility index (Phi) is 6.22. The number of aliphatic hydroxyl groups is 1. The molecule has 1 aromatic rings. The van der Waals surface area contributed by atoms with Gasteiger partial charge in [0.1, 0.15) is 16.5 Å². The number of thiocarbonyl (C=S) groups is 1. The molecule has 0 amide bonds. The third-order valence-corrected chi connectivity index (χ3v) is 3.76. The molecule has 0 aliphatic carbocycles. The highest BCUT2D eigenvalue weighted by Gasteiger charge is 2.19. The highest BCUT2D eigenvalue weighted by atomic mass is 32.1. The van der Waals surface area contributed by atoms with E-state index in [1.807, 2.05) is 18.2 Å². The standard InChI is InChI=1S/C15H21NO4S/c1-18-12-3-4-13(14(11-12)20-8-2-7-17)15(21)16-5-9-19-10-6-16/h3-4,11,17H,2,5-10H2,1H3. The van der Waals surface area contributed by atoms with Gasteiger partial charge < -0.3 is 24.2 Å². The van der Waals surface area contributed by atoms with E-state index in [-0.39, 0.29) is 6.61 Å². The summed E-state index contributed by atoms with van der Waals surface area (Å²) < 4.78 is 16.3. The number of hydrogen-bond donors (Lipinski definition) is 1. The SMILES string of the molecule is COc1ccc(C(=S)N2CCOCC2)c(OCCCO)c1. The maximum atomic E-state index is 8.87. The highest BCUT2D eigenvalue weighted by molar-refractivity contribution is 7.80. The van der Waals surface area contributed by atoms with Crippen LogP contribution in [0.2, 0.25) is 0 Å². The molecule has 1 N–H and O–H groups in total. The molecule has 116 valence electrons. The van der Waals surface area contributed by atoms with Crippen LogP contribution >= 0.6 is 12.2 Å². The molecule has 1 aliphatic heterocycles. The summed E-state index contributed by atoms with van der Waals surface area (Å²) in [6.07, 6.45) is 0.584. The molecule has 0 bridgehead atoms. The van der Waals surface area contributed by atoms with Gasteiger partial charge in [-0.1, -0.05) is 12.2 Å². The number of aliphatic hydroxyl groups excluding tert-OH is 1. The predicted octanol–water partition coefficient (Wildman–Crippen LogP) is 1.46. The topological polar surface area (TPSA) is 51.2 Å². The molecular formula is C15H21NO4S. The Morgan fingerprint density at radius 2 is 2.14 bits per heavy atom. The van der Waals surface area contributed by atoms with Gasteiger partial charge in [0.2, 0.25) is 0 Å². The van der Waals surface area contributed by atoms with Crippen molar-refractivity contribution in [1.82, 2.24) is 4.90 Å². The van der Waals surface area contributed by atoms with Gasteiger partial charge in [-0.05, 0) is 12.1 Å². The summed E-state index contributed by atoms with van der Waals surface area (Å²) in [7, 11) is 1.62. The van der Waals surface area contributed by atoms with Crippen LogP contribution in [0.1, 0.15) is 12.0 Å². The van der Waals surface area contributed by atoms with Gasteiger partial charge in [0, 0.05) is 32.2 Å². The Labute approximate surface area is 130 Å². The van der Waals surface area contributed by atoms with Crippen molar-refractivity contribution in [2.45, 2.75) is 6.42 Å². The molecule has 0 spiro atoms. The van der Waals surface area contributed by atoms with E-state index in [9.17, 15) is 0 Å². The molecular weight excluding hydrogens is 290 g/mol. The lowest BCUT2D eigenvalue weighted by Crippen LogP contribution is -2.40. The Hall–Kier alpha value is -1.37. The fourth-order valence-electron chi connectivity index (χ4n) is 2.11. The average Bonchev–Trinajstić information content (AvgIpc) is 2.55. The number of morpholine rings is 1. The summed E-state index contributed by atoms with van der Waals surface area (Å²) >= 11 is 5.59. The van der Waals surface area contributed by atoms with Crippen molar-refractivity contribution in [2.24, 2.45) is 0 Å². The van der Waals surface area contributed by atoms with Crippen LogP contribution < -0.4 is 9.47 Å². The highest BCUT2D eigenvalue weighted by Crippen LogP contribution is 2.27. The first-order valence-corrected chi connectivity index (χ1v) is 7.46. The predicted molar refractivity (Wildman–Crippen MR) is 84.3 cm³/mol. The Bertz CT molecular complexity index is 475. The minimum atomic E-state index is 0.104. The van der Waals surface area contributed by atoms with Crippen LogP contribution in [0.15, 0.2) is 18.2 Å². The van der Waals surface area contributed by atoms with Crippen LogP contribution in [-0.4, -0.2) is 61.6 Å². The third-order valence-electron chi connectivity index (χ3n) is 3.28. The largest absolute Gasteiger partial charge is 0.497 e. The van der Waals surface area contributed by atoms with E-state index in [0.29, 0.717) is 32.0 Å². The van der Waals surface area contributed by atoms with Crippen molar-refractivity contribution in [3.63, 3.8) is 0 Å². The van der Waals surface area contributed by atoms with Crippen LogP contribution in [0.25, 0.3) is 0 Å². The zero-order valence-corrected chi connectivity index (χ0v) is 13.0. The second-order valence-corrected chi connectivity index (χ2v) is 5.08. The molecule has 1 fully saturated rings. The molecule has 1 saturated heterocycles. The second-order valence-electron chi connectivity index (χ2n) is 4.69. The van der Waals surface area contributed by atoms with Gasteiger partial charge in [-0.15, -0.1) is 0 Å². The minimum absolute atomic E-state index is 0.104. The number of ether oxygens (including phenoxy) is 3. The summed E-state index contributed by atoms with van der Waals surface area (Å²) in [4.78, 5) is 2.89. The molecule has 1 aromatic carbocycles. The quantitative estimate of drug-likeness (QED) is 0.634. The van der Waals surface area contributed by atoms with Crippen molar-refractivity contribution >= 4 is 17.2 Å². The summed E-state index contributed by atoms with van der Waals surface area (Å²) in [5.41, 5.74) is 0.880. The first kappa shape index (κ1) is 16.0. The lowest BCUT2D eigenvalue weighted by molar-refractivity contribution is 0.0692. The zero-order valence-electron chi connectivity index (χ0n) is 12.2. The first-order valence-electron chi connectivity index (χ1n) is 7.05. The average molecular weight is 311 g/mol. The number of nitrogens with zero attached hydrogens (tertiary/aromatic N) is 1. The molecule has 0 radical (unpaired) electrons. The molecule has 0 saturated carbocycles. The monoisotopic (exact) mass is 311 g/mol. The molecule has 6 heteroatoms. The van der Waals surface area contributed by atoms with Gasteiger partial charge in [0.15, 0.2) is 0 Å². The van der Waals surface area contributed by atoms with E-state index in [0.717, 1.165) is 29.4 Å². The molecule has 1 heterocycles. The van der Waals surface area contributed by atoms with Crippen LogP contribution in [-0.2, 0) is 4.74 Å². The molecule has 21 heavy (non-hydrogen) atoms. The number of rotatable bonds is 6. The van der Waals surface area contributed by atoms with E-state index in [1.165, 1.54) is 0 Å². The Morgan fingerprint density at radius 1 is 1.38 bits per heavy atom. The molecule has 2 rings (SSSR count). The van der Waals surface area contributed by atoms with Crippen LogP contribution in [0.4, 0.5) is 0 Å². The summed E-state index contributed by atoms with van der Waals surface area (Å²) in [5.74, 6) is 1.42. The third kappa shape index (κ3) is 4.30. The van der Waals surface area contributed by atoms with Crippen LogP contribution in [0.5, 0.6) is 11.5 Å². The normalized spacial score (nSPS) is 14.9. The molecule has 0 atom stereocenters. The molecule has 0 unspecified atom stereocenters. The maximum Gasteiger partial charge on any atom is 0.133 e. The first-order chi connectivity index (χ1) is 10.3. The number of methoxy groups -OCH3 is 1. The maximum absolute atomic E-state index is 8.87. The fraction of sp³-hybridized carbons (Fsp3) is 0.533. The van der Waals surface area contributed by atoms with Gasteiger partial charge in [-0.25, -0.2) is 0 Å². The van der Waals surface area contributed by atoms with Gasteiger partial charge >= 0.3 is 0 Å². The van der Waals surface area contributed by atoms with Gasteiger partial charge in [0.05, 0.1) is 32.5 Å². The van der Waals surface area contributed by atoms with E-state index >= 15 is 0 Å². The van der Waals surface area contributed by atoms with Crippen molar-refractivity contribution in [3.05, 3.63) is 23.8 Å². The van der Waals surface area contributed by atoms with Gasteiger partial charge in [0.25, 0.3) is 0 Å². The van der Waals surface area contributed by atoms with Crippen molar-refractivity contribution < 1.29 is 19.3 Å². The van der Waals surface area contributed by atoms with Crippen molar-refractivity contribution in [2.75, 3.05) is 46.6 Å². The Balaban J connectivity index is 2.17. The summed E-state index contributed by atoms with van der Waals surface area (Å²) in [5, 5.41) is 8.87. The van der Waals surface area contributed by atoms with Crippen molar-refractivity contribution in [1.29, 1.82) is 0 Å². The number of hydrogen-bond acceptors (Lipinski definition) is 5. The van der Waals surface area contributed by atoms with Crippen LogP contribution in [0.3, 0.4) is 0 Å². The van der Waals surface area contributed by atoms with Crippen molar-refractivity contribution in [3.8, 4) is 11.5 Å². The second kappa shape index (κ2) is 8.17. The van der Waals surface area contributed by atoms with Gasteiger partial charge in [-0.3, -0.25) is 0 Å². The van der Waals surface area contributed by atoms with Gasteiger partial charge in [-0.2, -0.15) is 0 Å². The molecule has 5 nitrogen and oxygen atoms in total. The Morgan fingerprint density at radius 3 is 2.81 bits per heavy atom. The van der Waals surface area contributed by atoms with E-state index < -0.39 is 0 Å².